The zero-order valence-electron chi connectivity index (χ0n) is 10.1. The van der Waals surface area contributed by atoms with Crippen molar-refractivity contribution in [2.24, 2.45) is 5.11 Å². The van der Waals surface area contributed by atoms with Crippen LogP contribution in [-0.4, -0.2) is 31.7 Å². The molecular formula is C11H20N4O2. The summed E-state index contributed by atoms with van der Waals surface area (Å²) in [5.41, 5.74) is 8.06. The number of nitrogens with zero attached hydrogens (tertiary/aromatic N) is 3. The molecule has 0 saturated carbocycles. The first-order valence-electron chi connectivity index (χ1n) is 6.22. The van der Waals surface area contributed by atoms with Crippen molar-refractivity contribution < 1.29 is 9.53 Å². The van der Waals surface area contributed by atoms with Gasteiger partial charge in [-0.15, -0.1) is 0 Å². The van der Waals surface area contributed by atoms with E-state index in [9.17, 15) is 4.79 Å². The highest BCUT2D eigenvalue weighted by Gasteiger charge is 2.16. The fourth-order valence-electron chi connectivity index (χ4n) is 1.83. The van der Waals surface area contributed by atoms with Crippen molar-refractivity contribution in [3.05, 3.63) is 10.4 Å². The van der Waals surface area contributed by atoms with Crippen LogP contribution < -0.4 is 5.32 Å². The zero-order valence-corrected chi connectivity index (χ0v) is 10.1. The van der Waals surface area contributed by atoms with Gasteiger partial charge in [0.25, 0.3) is 0 Å². The van der Waals surface area contributed by atoms with Gasteiger partial charge in [-0.1, -0.05) is 5.11 Å². The van der Waals surface area contributed by atoms with Crippen molar-refractivity contribution in [1.82, 2.24) is 5.32 Å². The van der Waals surface area contributed by atoms with E-state index in [0.29, 0.717) is 19.5 Å². The lowest BCUT2D eigenvalue weighted by atomic mass is 10.1. The van der Waals surface area contributed by atoms with Crippen molar-refractivity contribution in [3.63, 3.8) is 0 Å². The van der Waals surface area contributed by atoms with Crippen LogP contribution >= 0.6 is 0 Å². The quantitative estimate of drug-likeness (QED) is 0.305. The Morgan fingerprint density at radius 3 is 3.12 bits per heavy atom. The maximum Gasteiger partial charge on any atom is 0.220 e. The minimum Gasteiger partial charge on any atom is -0.378 e. The van der Waals surface area contributed by atoms with Gasteiger partial charge in [0, 0.05) is 31.0 Å². The SMILES string of the molecule is [N-]=[N+]=NCCCCNC(=O)CCC1CCCO1. The van der Waals surface area contributed by atoms with E-state index in [1.165, 1.54) is 0 Å². The Hall–Kier alpha value is -1.26. The van der Waals surface area contributed by atoms with Crippen LogP contribution in [0.1, 0.15) is 38.5 Å². The van der Waals surface area contributed by atoms with Gasteiger partial charge in [-0.25, -0.2) is 0 Å². The van der Waals surface area contributed by atoms with Crippen LogP contribution in [0, 0.1) is 0 Å². The summed E-state index contributed by atoms with van der Waals surface area (Å²) in [4.78, 5) is 14.1. The summed E-state index contributed by atoms with van der Waals surface area (Å²) in [6.45, 7) is 2.00. The first kappa shape index (κ1) is 13.8. The number of hydrogen-bond acceptors (Lipinski definition) is 3. The number of azide groups is 1. The Kier molecular flexibility index (Phi) is 7.18. The van der Waals surface area contributed by atoms with Crippen LogP contribution in [-0.2, 0) is 9.53 Å². The third-order valence-corrected chi connectivity index (χ3v) is 2.79. The van der Waals surface area contributed by atoms with E-state index < -0.39 is 0 Å². The van der Waals surface area contributed by atoms with Crippen LogP contribution in [0.3, 0.4) is 0 Å². The van der Waals surface area contributed by atoms with E-state index in [4.69, 9.17) is 10.3 Å². The van der Waals surface area contributed by atoms with Crippen LogP contribution in [0.15, 0.2) is 5.11 Å². The standard InChI is InChI=1S/C11H20N4O2/c12-15-14-8-2-1-7-13-11(16)6-5-10-4-3-9-17-10/h10H,1-9H2,(H,13,16). The van der Waals surface area contributed by atoms with Gasteiger partial charge in [0.1, 0.15) is 0 Å². The lowest BCUT2D eigenvalue weighted by Crippen LogP contribution is -2.25. The van der Waals surface area contributed by atoms with Gasteiger partial charge in [0.2, 0.25) is 5.91 Å². The van der Waals surface area contributed by atoms with Crippen LogP contribution in [0.2, 0.25) is 0 Å². The smallest absolute Gasteiger partial charge is 0.220 e. The number of unbranched alkanes of at least 4 members (excludes halogenated alkanes) is 1. The van der Waals surface area contributed by atoms with Gasteiger partial charge < -0.3 is 10.1 Å². The number of amides is 1. The van der Waals surface area contributed by atoms with E-state index in [0.717, 1.165) is 38.7 Å². The summed E-state index contributed by atoms with van der Waals surface area (Å²) in [6.07, 6.45) is 5.52. The summed E-state index contributed by atoms with van der Waals surface area (Å²) in [6, 6.07) is 0. The van der Waals surface area contributed by atoms with E-state index in [2.05, 4.69) is 15.3 Å². The molecule has 96 valence electrons. The first-order valence-corrected chi connectivity index (χ1v) is 6.22. The second kappa shape index (κ2) is 8.84. The lowest BCUT2D eigenvalue weighted by molar-refractivity contribution is -0.121. The number of hydrogen-bond donors (Lipinski definition) is 1. The second-order valence-corrected chi connectivity index (χ2v) is 4.19. The molecule has 1 aliphatic heterocycles. The molecule has 0 aromatic heterocycles. The third-order valence-electron chi connectivity index (χ3n) is 2.79. The molecule has 0 spiro atoms. The predicted molar refractivity (Wildman–Crippen MR) is 64.5 cm³/mol. The molecule has 1 atom stereocenters. The van der Waals surface area contributed by atoms with Crippen molar-refractivity contribution in [2.45, 2.75) is 44.6 Å². The monoisotopic (exact) mass is 240 g/mol. The molecule has 1 unspecified atom stereocenters. The van der Waals surface area contributed by atoms with Gasteiger partial charge >= 0.3 is 0 Å². The summed E-state index contributed by atoms with van der Waals surface area (Å²) in [7, 11) is 0. The van der Waals surface area contributed by atoms with Crippen LogP contribution in [0.4, 0.5) is 0 Å². The average Bonchev–Trinajstić information content (AvgIpc) is 2.84. The molecule has 1 fully saturated rings. The molecule has 17 heavy (non-hydrogen) atoms. The molecule has 1 saturated heterocycles. The highest BCUT2D eigenvalue weighted by atomic mass is 16.5. The Balaban J connectivity index is 1.91. The molecule has 1 rings (SSSR count). The molecule has 1 N–H and O–H groups in total. The Bertz CT molecular complexity index is 271. The number of ether oxygens (including phenoxy) is 1. The summed E-state index contributed by atoms with van der Waals surface area (Å²) in [5, 5.41) is 6.28. The molecular weight excluding hydrogens is 220 g/mol. The number of carbonyl (C=O) groups is 1. The normalized spacial score (nSPS) is 18.7. The predicted octanol–water partition coefficient (Wildman–Crippen LogP) is 2.15. The van der Waals surface area contributed by atoms with Crippen LogP contribution in [0.25, 0.3) is 10.4 Å². The highest BCUT2D eigenvalue weighted by Crippen LogP contribution is 2.16. The Morgan fingerprint density at radius 2 is 2.41 bits per heavy atom. The summed E-state index contributed by atoms with van der Waals surface area (Å²) < 4.78 is 5.45. The Labute approximate surface area is 101 Å². The lowest BCUT2D eigenvalue weighted by Gasteiger charge is -2.09. The van der Waals surface area contributed by atoms with Crippen molar-refractivity contribution in [2.75, 3.05) is 19.7 Å². The maximum atomic E-state index is 11.4. The molecule has 1 aliphatic rings. The van der Waals surface area contributed by atoms with E-state index in [1.54, 1.807) is 0 Å². The van der Waals surface area contributed by atoms with E-state index >= 15 is 0 Å². The van der Waals surface area contributed by atoms with Gasteiger partial charge in [-0.2, -0.15) is 0 Å². The highest BCUT2D eigenvalue weighted by molar-refractivity contribution is 5.75. The second-order valence-electron chi connectivity index (χ2n) is 4.19. The minimum absolute atomic E-state index is 0.0873. The van der Waals surface area contributed by atoms with Gasteiger partial charge in [-0.3, -0.25) is 4.79 Å². The van der Waals surface area contributed by atoms with Gasteiger partial charge in [-0.05, 0) is 37.6 Å². The molecule has 1 amide bonds. The molecule has 0 aromatic carbocycles. The number of nitrogens with one attached hydrogen (secondary N) is 1. The molecule has 0 bridgehead atoms. The molecule has 0 aliphatic carbocycles. The number of rotatable bonds is 8. The molecule has 1 heterocycles. The molecule has 0 radical (unpaired) electrons. The fourth-order valence-corrected chi connectivity index (χ4v) is 1.83. The van der Waals surface area contributed by atoms with Crippen molar-refractivity contribution in [3.8, 4) is 0 Å². The van der Waals surface area contributed by atoms with Crippen LogP contribution in [0.5, 0.6) is 0 Å². The minimum atomic E-state index is 0.0873. The first-order chi connectivity index (χ1) is 8.33. The summed E-state index contributed by atoms with van der Waals surface area (Å²) >= 11 is 0. The average molecular weight is 240 g/mol. The third kappa shape index (κ3) is 6.81. The van der Waals surface area contributed by atoms with Gasteiger partial charge in [0.05, 0.1) is 6.10 Å². The number of carbonyl (C=O) groups excluding carboxylic acids is 1. The van der Waals surface area contributed by atoms with E-state index in [1.807, 2.05) is 0 Å². The molecule has 0 aromatic rings. The van der Waals surface area contributed by atoms with Crippen molar-refractivity contribution >= 4 is 5.91 Å². The molecule has 6 nitrogen and oxygen atoms in total. The van der Waals surface area contributed by atoms with Gasteiger partial charge in [0.15, 0.2) is 0 Å². The van der Waals surface area contributed by atoms with E-state index in [-0.39, 0.29) is 12.0 Å². The fraction of sp³-hybridized carbons (Fsp3) is 0.909. The maximum absolute atomic E-state index is 11.4. The topological polar surface area (TPSA) is 87.1 Å². The molecule has 6 heteroatoms. The zero-order chi connectivity index (χ0) is 12.3. The van der Waals surface area contributed by atoms with Crippen molar-refractivity contribution in [1.29, 1.82) is 0 Å². The Morgan fingerprint density at radius 1 is 1.53 bits per heavy atom. The largest absolute Gasteiger partial charge is 0.378 e. The summed E-state index contributed by atoms with van der Waals surface area (Å²) in [5.74, 6) is 0.0873.